The van der Waals surface area contributed by atoms with Gasteiger partial charge in [-0.25, -0.2) is 4.79 Å². The van der Waals surface area contributed by atoms with E-state index in [9.17, 15) is 9.59 Å². The van der Waals surface area contributed by atoms with Crippen molar-refractivity contribution in [3.05, 3.63) is 26.4 Å². The lowest BCUT2D eigenvalue weighted by molar-refractivity contribution is 0.269. The molecule has 0 amide bonds. The number of aromatic amines is 1. The van der Waals surface area contributed by atoms with E-state index in [2.05, 4.69) is 4.98 Å². The molecule has 0 aromatic carbocycles. The third-order valence-electron chi connectivity index (χ3n) is 2.52. The Bertz CT molecular complexity index is 484. The van der Waals surface area contributed by atoms with Crippen molar-refractivity contribution in [3.63, 3.8) is 0 Å². The lowest BCUT2D eigenvalue weighted by atomic mass is 10.1. The van der Waals surface area contributed by atoms with Crippen LogP contribution < -0.4 is 16.0 Å². The molecule has 1 aromatic heterocycles. The van der Waals surface area contributed by atoms with Gasteiger partial charge in [-0.05, 0) is 26.7 Å². The molecule has 0 bridgehead atoms. The van der Waals surface area contributed by atoms with E-state index in [-0.39, 0.29) is 11.6 Å². The first kappa shape index (κ1) is 10.0. The second-order valence-electron chi connectivity index (χ2n) is 3.96. The van der Waals surface area contributed by atoms with Crippen molar-refractivity contribution in [2.45, 2.75) is 32.7 Å². The molecule has 0 saturated heterocycles. The quantitative estimate of drug-likeness (QED) is 0.731. The molecule has 1 aliphatic heterocycles. The third-order valence-corrected chi connectivity index (χ3v) is 2.52. The van der Waals surface area contributed by atoms with Gasteiger partial charge < -0.3 is 4.74 Å². The SMILES string of the molecule is CC(C)n1c(=O)[nH]c2c(c1=O)CCCO2. The van der Waals surface area contributed by atoms with Crippen LogP contribution in [0.2, 0.25) is 0 Å². The standard InChI is InChI=1S/C10H14N2O3/c1-6(2)12-9(13)7-4-3-5-15-8(7)11-10(12)14/h6H,3-5H2,1-2H3,(H,11,14). The first-order valence-corrected chi connectivity index (χ1v) is 5.11. The maximum atomic E-state index is 11.9. The average Bonchev–Trinajstić information content (AvgIpc) is 2.17. The molecule has 2 heterocycles. The Kier molecular flexibility index (Phi) is 2.38. The van der Waals surface area contributed by atoms with Gasteiger partial charge in [0.25, 0.3) is 5.56 Å². The second-order valence-corrected chi connectivity index (χ2v) is 3.96. The van der Waals surface area contributed by atoms with E-state index in [0.717, 1.165) is 6.42 Å². The highest BCUT2D eigenvalue weighted by Gasteiger charge is 2.19. The van der Waals surface area contributed by atoms with Gasteiger partial charge in [-0.3, -0.25) is 14.3 Å². The normalized spacial score (nSPS) is 14.9. The van der Waals surface area contributed by atoms with Crippen molar-refractivity contribution in [2.75, 3.05) is 6.61 Å². The lowest BCUT2D eigenvalue weighted by Crippen LogP contribution is -2.39. The molecular weight excluding hydrogens is 196 g/mol. The Morgan fingerprint density at radius 1 is 1.40 bits per heavy atom. The molecule has 0 aliphatic carbocycles. The van der Waals surface area contributed by atoms with Crippen LogP contribution in [0.15, 0.2) is 9.59 Å². The lowest BCUT2D eigenvalue weighted by Gasteiger charge is -2.18. The van der Waals surface area contributed by atoms with Crippen LogP contribution in [0.25, 0.3) is 0 Å². The summed E-state index contributed by atoms with van der Waals surface area (Å²) >= 11 is 0. The first-order valence-electron chi connectivity index (χ1n) is 5.11. The van der Waals surface area contributed by atoms with Crippen molar-refractivity contribution < 1.29 is 4.74 Å². The van der Waals surface area contributed by atoms with Crippen LogP contribution in [0.5, 0.6) is 5.88 Å². The van der Waals surface area contributed by atoms with Gasteiger partial charge in [0.15, 0.2) is 0 Å². The highest BCUT2D eigenvalue weighted by atomic mass is 16.5. The summed E-state index contributed by atoms with van der Waals surface area (Å²) < 4.78 is 6.48. The molecule has 0 unspecified atom stereocenters. The van der Waals surface area contributed by atoms with E-state index in [4.69, 9.17) is 4.74 Å². The summed E-state index contributed by atoms with van der Waals surface area (Å²) in [4.78, 5) is 26.1. The number of rotatable bonds is 1. The minimum atomic E-state index is -0.393. The topological polar surface area (TPSA) is 64.1 Å². The van der Waals surface area contributed by atoms with Crippen molar-refractivity contribution in [1.29, 1.82) is 0 Å². The molecule has 2 rings (SSSR count). The van der Waals surface area contributed by atoms with Gasteiger partial charge in [0.2, 0.25) is 5.88 Å². The van der Waals surface area contributed by atoms with Crippen LogP contribution in [0.1, 0.15) is 31.9 Å². The second kappa shape index (κ2) is 3.56. The predicted molar refractivity (Wildman–Crippen MR) is 55.5 cm³/mol. The number of H-pyrrole nitrogens is 1. The summed E-state index contributed by atoms with van der Waals surface area (Å²) in [5.74, 6) is 0.355. The van der Waals surface area contributed by atoms with Gasteiger partial charge in [-0.15, -0.1) is 0 Å². The zero-order valence-corrected chi connectivity index (χ0v) is 8.87. The Labute approximate surface area is 86.7 Å². The van der Waals surface area contributed by atoms with Crippen LogP contribution >= 0.6 is 0 Å². The fourth-order valence-electron chi connectivity index (χ4n) is 1.80. The molecule has 1 N–H and O–H groups in total. The molecule has 1 aliphatic rings. The smallest absolute Gasteiger partial charge is 0.331 e. The summed E-state index contributed by atoms with van der Waals surface area (Å²) in [5.41, 5.74) is -0.0198. The van der Waals surface area contributed by atoms with Gasteiger partial charge in [0.05, 0.1) is 12.2 Å². The number of fused-ring (bicyclic) bond motifs is 1. The first-order chi connectivity index (χ1) is 7.11. The van der Waals surface area contributed by atoms with E-state index in [1.54, 1.807) is 0 Å². The van der Waals surface area contributed by atoms with E-state index in [1.807, 2.05) is 13.8 Å². The summed E-state index contributed by atoms with van der Waals surface area (Å²) in [6.45, 7) is 4.19. The predicted octanol–water partition coefficient (Wildman–Crippen LogP) is 0.442. The van der Waals surface area contributed by atoms with Crippen molar-refractivity contribution in [2.24, 2.45) is 0 Å². The summed E-state index contributed by atoms with van der Waals surface area (Å²) in [6.07, 6.45) is 1.50. The Hall–Kier alpha value is -1.52. The number of nitrogens with one attached hydrogen (secondary N) is 1. The molecule has 15 heavy (non-hydrogen) atoms. The maximum Gasteiger partial charge on any atom is 0.331 e. The molecule has 0 atom stereocenters. The summed E-state index contributed by atoms with van der Waals surface area (Å²) in [5, 5.41) is 0. The molecule has 0 saturated carbocycles. The summed E-state index contributed by atoms with van der Waals surface area (Å²) in [7, 11) is 0. The van der Waals surface area contributed by atoms with Crippen molar-refractivity contribution in [1.82, 2.24) is 9.55 Å². The van der Waals surface area contributed by atoms with E-state index in [1.165, 1.54) is 4.57 Å². The molecule has 1 aromatic rings. The Morgan fingerprint density at radius 2 is 2.13 bits per heavy atom. The average molecular weight is 210 g/mol. The van der Waals surface area contributed by atoms with Gasteiger partial charge in [0, 0.05) is 6.04 Å². The molecule has 5 heteroatoms. The number of hydrogen-bond acceptors (Lipinski definition) is 3. The highest BCUT2D eigenvalue weighted by Crippen LogP contribution is 2.16. The van der Waals surface area contributed by atoms with Crippen LogP contribution in [0, 0.1) is 0 Å². The Balaban J connectivity index is 2.70. The maximum absolute atomic E-state index is 11.9. The van der Waals surface area contributed by atoms with Gasteiger partial charge in [-0.1, -0.05) is 0 Å². The molecule has 0 spiro atoms. The third kappa shape index (κ3) is 1.58. The highest BCUT2D eigenvalue weighted by molar-refractivity contribution is 5.24. The number of aromatic nitrogens is 2. The number of nitrogens with zero attached hydrogens (tertiary/aromatic N) is 1. The zero-order valence-electron chi connectivity index (χ0n) is 8.87. The zero-order chi connectivity index (χ0) is 11.0. The van der Waals surface area contributed by atoms with Gasteiger partial charge in [0.1, 0.15) is 0 Å². The summed E-state index contributed by atoms with van der Waals surface area (Å²) in [6, 6.07) is -0.131. The van der Waals surface area contributed by atoms with E-state index >= 15 is 0 Å². The number of hydrogen-bond donors (Lipinski definition) is 1. The molecule has 5 nitrogen and oxygen atoms in total. The number of ether oxygens (including phenoxy) is 1. The minimum Gasteiger partial charge on any atom is -0.479 e. The van der Waals surface area contributed by atoms with Gasteiger partial charge >= 0.3 is 5.69 Å². The fourth-order valence-corrected chi connectivity index (χ4v) is 1.80. The van der Waals surface area contributed by atoms with Crippen molar-refractivity contribution in [3.8, 4) is 5.88 Å². The van der Waals surface area contributed by atoms with Crippen LogP contribution in [-0.2, 0) is 6.42 Å². The molecular formula is C10H14N2O3. The molecule has 0 radical (unpaired) electrons. The van der Waals surface area contributed by atoms with Crippen molar-refractivity contribution >= 4 is 0 Å². The fraction of sp³-hybridized carbons (Fsp3) is 0.600. The van der Waals surface area contributed by atoms with E-state index < -0.39 is 5.69 Å². The monoisotopic (exact) mass is 210 g/mol. The van der Waals surface area contributed by atoms with Crippen LogP contribution in [-0.4, -0.2) is 16.2 Å². The van der Waals surface area contributed by atoms with Gasteiger partial charge in [-0.2, -0.15) is 0 Å². The largest absolute Gasteiger partial charge is 0.479 e. The molecule has 82 valence electrons. The minimum absolute atomic E-state index is 0.131. The van der Waals surface area contributed by atoms with E-state index in [0.29, 0.717) is 24.5 Å². The van der Waals surface area contributed by atoms with Crippen LogP contribution in [0.4, 0.5) is 0 Å². The Morgan fingerprint density at radius 3 is 2.80 bits per heavy atom. The van der Waals surface area contributed by atoms with Crippen LogP contribution in [0.3, 0.4) is 0 Å². The molecule has 0 fully saturated rings.